The van der Waals surface area contributed by atoms with E-state index >= 15 is 0 Å². The quantitative estimate of drug-likeness (QED) is 0.673. The normalized spacial score (nSPS) is 16.2. The third-order valence-corrected chi connectivity index (χ3v) is 6.60. The van der Waals surface area contributed by atoms with Crippen LogP contribution in [0.1, 0.15) is 22.3 Å². The van der Waals surface area contributed by atoms with Gasteiger partial charge in [0.05, 0.1) is 29.1 Å². The Bertz CT molecular complexity index is 1090. The molecule has 1 atom stereocenters. The van der Waals surface area contributed by atoms with Crippen molar-refractivity contribution in [3.63, 3.8) is 0 Å². The lowest BCUT2D eigenvalue weighted by Crippen LogP contribution is -2.43. The molecule has 1 saturated heterocycles. The Balaban J connectivity index is 1.88. The van der Waals surface area contributed by atoms with Gasteiger partial charge < -0.3 is 10.1 Å². The van der Waals surface area contributed by atoms with Crippen LogP contribution in [0.15, 0.2) is 48.5 Å². The number of hydrogen-bond acceptors (Lipinski definition) is 6. The second-order valence-electron chi connectivity index (χ2n) is 6.63. The number of sulfonamides is 1. The SMILES string of the molecule is COC(=O)[C@H](Cc1ccccc1)NC(=O)c1cc(N2C(=O)CCS2(=O)=O)ccc1Cl. The van der Waals surface area contributed by atoms with E-state index in [1.54, 1.807) is 24.3 Å². The lowest BCUT2D eigenvalue weighted by molar-refractivity contribution is -0.142. The molecule has 1 aliphatic heterocycles. The number of amides is 2. The van der Waals surface area contributed by atoms with Gasteiger partial charge in [-0.05, 0) is 23.8 Å². The van der Waals surface area contributed by atoms with Gasteiger partial charge >= 0.3 is 5.97 Å². The number of carbonyl (C=O) groups is 3. The van der Waals surface area contributed by atoms with Gasteiger partial charge in [0.2, 0.25) is 15.9 Å². The standard InChI is InChI=1S/C20H19ClN2O6S/c1-29-20(26)17(11-13-5-3-2-4-6-13)22-19(25)15-12-14(7-8-16(15)21)23-18(24)9-10-30(23,27)28/h2-8,12,17H,9-11H2,1H3,(H,22,25)/t17-/m0/s1. The summed E-state index contributed by atoms with van der Waals surface area (Å²) in [6.45, 7) is 0. The number of carbonyl (C=O) groups excluding carboxylic acids is 3. The number of esters is 1. The molecule has 0 aliphatic carbocycles. The van der Waals surface area contributed by atoms with E-state index in [0.717, 1.165) is 5.56 Å². The van der Waals surface area contributed by atoms with Crippen molar-refractivity contribution in [2.45, 2.75) is 18.9 Å². The predicted octanol–water partition coefficient (Wildman–Crippen LogP) is 1.92. The van der Waals surface area contributed by atoms with Crippen LogP contribution in [0.3, 0.4) is 0 Å². The van der Waals surface area contributed by atoms with Gasteiger partial charge in [0.1, 0.15) is 6.04 Å². The van der Waals surface area contributed by atoms with E-state index in [-0.39, 0.29) is 34.9 Å². The molecule has 30 heavy (non-hydrogen) atoms. The average Bonchev–Trinajstić information content (AvgIpc) is 3.00. The van der Waals surface area contributed by atoms with Gasteiger partial charge in [-0.15, -0.1) is 0 Å². The van der Waals surface area contributed by atoms with Gasteiger partial charge in [-0.3, -0.25) is 9.59 Å². The van der Waals surface area contributed by atoms with Gasteiger partial charge in [0, 0.05) is 12.8 Å². The van der Waals surface area contributed by atoms with Gasteiger partial charge in [0.25, 0.3) is 5.91 Å². The third-order valence-electron chi connectivity index (χ3n) is 4.58. The number of benzene rings is 2. The van der Waals surface area contributed by atoms with Crippen LogP contribution in [0.5, 0.6) is 0 Å². The highest BCUT2D eigenvalue weighted by Gasteiger charge is 2.37. The van der Waals surface area contributed by atoms with Crippen LogP contribution in [0.2, 0.25) is 5.02 Å². The first kappa shape index (κ1) is 21.8. The van der Waals surface area contributed by atoms with Crippen LogP contribution >= 0.6 is 11.6 Å². The zero-order chi connectivity index (χ0) is 21.9. The van der Waals surface area contributed by atoms with Crippen molar-refractivity contribution in [1.82, 2.24) is 5.32 Å². The summed E-state index contributed by atoms with van der Waals surface area (Å²) in [6, 6.07) is 12.0. The Morgan fingerprint density at radius 2 is 1.90 bits per heavy atom. The molecule has 0 unspecified atom stereocenters. The van der Waals surface area contributed by atoms with E-state index in [9.17, 15) is 22.8 Å². The van der Waals surface area contributed by atoms with E-state index < -0.39 is 33.8 Å². The summed E-state index contributed by atoms with van der Waals surface area (Å²) in [5.74, 6) is -2.22. The molecule has 0 radical (unpaired) electrons. The van der Waals surface area contributed by atoms with Crippen LogP contribution < -0.4 is 9.62 Å². The molecule has 1 heterocycles. The van der Waals surface area contributed by atoms with E-state index in [0.29, 0.717) is 4.31 Å². The van der Waals surface area contributed by atoms with Crippen molar-refractivity contribution in [2.24, 2.45) is 0 Å². The molecule has 3 rings (SSSR count). The highest BCUT2D eigenvalue weighted by molar-refractivity contribution is 7.94. The van der Waals surface area contributed by atoms with Crippen LogP contribution in [-0.2, 0) is 30.8 Å². The Morgan fingerprint density at radius 3 is 2.50 bits per heavy atom. The summed E-state index contributed by atoms with van der Waals surface area (Å²) in [6.07, 6.45) is 0.0591. The summed E-state index contributed by atoms with van der Waals surface area (Å²) in [7, 11) is -2.58. The summed E-state index contributed by atoms with van der Waals surface area (Å²) in [5.41, 5.74) is 0.762. The van der Waals surface area contributed by atoms with Crippen molar-refractivity contribution in [3.05, 3.63) is 64.7 Å². The number of hydrogen-bond donors (Lipinski definition) is 1. The number of nitrogens with zero attached hydrogens (tertiary/aromatic N) is 1. The van der Waals surface area contributed by atoms with Crippen molar-refractivity contribution in [3.8, 4) is 0 Å². The summed E-state index contributed by atoms with van der Waals surface area (Å²) in [4.78, 5) is 37.0. The molecule has 2 amide bonds. The lowest BCUT2D eigenvalue weighted by atomic mass is 10.1. The Morgan fingerprint density at radius 1 is 1.20 bits per heavy atom. The van der Waals surface area contributed by atoms with Crippen molar-refractivity contribution >= 4 is 45.1 Å². The highest BCUT2D eigenvalue weighted by Crippen LogP contribution is 2.29. The molecule has 1 fully saturated rings. The van der Waals surface area contributed by atoms with Crippen molar-refractivity contribution in [1.29, 1.82) is 0 Å². The van der Waals surface area contributed by atoms with Gasteiger partial charge in [-0.1, -0.05) is 41.9 Å². The lowest BCUT2D eigenvalue weighted by Gasteiger charge is -2.19. The fourth-order valence-corrected chi connectivity index (χ4v) is 4.76. The molecule has 2 aromatic rings. The zero-order valence-electron chi connectivity index (χ0n) is 16.0. The number of halogens is 1. The molecule has 0 saturated carbocycles. The Kier molecular flexibility index (Phi) is 6.42. The molecule has 10 heteroatoms. The fourth-order valence-electron chi connectivity index (χ4n) is 3.10. The topological polar surface area (TPSA) is 110 Å². The van der Waals surface area contributed by atoms with Gasteiger partial charge in [0.15, 0.2) is 0 Å². The molecule has 0 spiro atoms. The van der Waals surface area contributed by atoms with E-state index in [2.05, 4.69) is 5.32 Å². The van der Waals surface area contributed by atoms with Gasteiger partial charge in [-0.2, -0.15) is 0 Å². The summed E-state index contributed by atoms with van der Waals surface area (Å²) >= 11 is 6.13. The smallest absolute Gasteiger partial charge is 0.328 e. The predicted molar refractivity (Wildman–Crippen MR) is 111 cm³/mol. The number of methoxy groups -OCH3 is 1. The summed E-state index contributed by atoms with van der Waals surface area (Å²) in [5, 5.41) is 2.62. The number of nitrogens with one attached hydrogen (secondary N) is 1. The summed E-state index contributed by atoms with van der Waals surface area (Å²) < 4.78 is 29.8. The Labute approximate surface area is 178 Å². The maximum absolute atomic E-state index is 12.8. The highest BCUT2D eigenvalue weighted by atomic mass is 35.5. The van der Waals surface area contributed by atoms with Crippen molar-refractivity contribution in [2.75, 3.05) is 17.2 Å². The first-order chi connectivity index (χ1) is 14.2. The average molecular weight is 451 g/mol. The molecular formula is C20H19ClN2O6S. The zero-order valence-corrected chi connectivity index (χ0v) is 17.6. The second kappa shape index (κ2) is 8.85. The van der Waals surface area contributed by atoms with E-state index in [4.69, 9.17) is 16.3 Å². The van der Waals surface area contributed by atoms with E-state index in [1.807, 2.05) is 6.07 Å². The fraction of sp³-hybridized carbons (Fsp3) is 0.250. The molecule has 0 bridgehead atoms. The van der Waals surface area contributed by atoms with Crippen LogP contribution in [0, 0.1) is 0 Å². The largest absolute Gasteiger partial charge is 0.467 e. The van der Waals surface area contributed by atoms with Crippen LogP contribution in [0.25, 0.3) is 0 Å². The Hall–Kier alpha value is -2.91. The molecule has 8 nitrogen and oxygen atoms in total. The first-order valence-corrected chi connectivity index (χ1v) is 11.0. The van der Waals surface area contributed by atoms with Gasteiger partial charge in [-0.25, -0.2) is 17.5 Å². The number of ether oxygens (including phenoxy) is 1. The monoisotopic (exact) mass is 450 g/mol. The number of rotatable bonds is 6. The minimum Gasteiger partial charge on any atom is -0.467 e. The minimum absolute atomic E-state index is 0.0183. The molecule has 158 valence electrons. The third kappa shape index (κ3) is 4.63. The number of anilines is 1. The minimum atomic E-state index is -3.79. The molecular weight excluding hydrogens is 432 g/mol. The molecule has 1 aliphatic rings. The van der Waals surface area contributed by atoms with Crippen molar-refractivity contribution < 1.29 is 27.5 Å². The molecule has 2 aromatic carbocycles. The maximum atomic E-state index is 12.8. The van der Waals surface area contributed by atoms with E-state index in [1.165, 1.54) is 25.3 Å². The van der Waals surface area contributed by atoms with Crippen LogP contribution in [0.4, 0.5) is 5.69 Å². The molecule has 1 N–H and O–H groups in total. The first-order valence-electron chi connectivity index (χ1n) is 9.01. The maximum Gasteiger partial charge on any atom is 0.328 e. The second-order valence-corrected chi connectivity index (χ2v) is 8.97. The van der Waals surface area contributed by atoms with Crippen LogP contribution in [-0.4, -0.2) is 45.1 Å². The molecule has 0 aromatic heterocycles.